The largest absolute Gasteiger partial charge is 0.389 e. The van der Waals surface area contributed by atoms with Crippen molar-refractivity contribution in [3.8, 4) is 0 Å². The van der Waals surface area contributed by atoms with Gasteiger partial charge in [-0.15, -0.1) is 11.6 Å². The summed E-state index contributed by atoms with van der Waals surface area (Å²) < 4.78 is 0. The maximum atomic E-state index is 11.1. The van der Waals surface area contributed by atoms with Crippen LogP contribution in [0, 0.1) is 0 Å². The van der Waals surface area contributed by atoms with Gasteiger partial charge in [0.1, 0.15) is 11.9 Å². The van der Waals surface area contributed by atoms with Crippen molar-refractivity contribution in [3.63, 3.8) is 0 Å². The summed E-state index contributed by atoms with van der Waals surface area (Å²) in [5.41, 5.74) is 3.21. The van der Waals surface area contributed by atoms with Crippen LogP contribution in [0.25, 0.3) is 0 Å². The molecule has 0 fully saturated rings. The van der Waals surface area contributed by atoms with E-state index in [-0.39, 0.29) is 11.9 Å². The minimum absolute atomic E-state index is 0.103. The van der Waals surface area contributed by atoms with E-state index in [0.717, 1.165) is 36.6 Å². The highest BCUT2D eigenvalue weighted by molar-refractivity contribution is 6.18. The molecule has 0 amide bonds. The fourth-order valence-corrected chi connectivity index (χ4v) is 3.36. The zero-order chi connectivity index (χ0) is 17.7. The Kier molecular flexibility index (Phi) is 6.75. The van der Waals surface area contributed by atoms with E-state index in [9.17, 15) is 9.90 Å². The summed E-state index contributed by atoms with van der Waals surface area (Å²) in [6, 6.07) is 6.29. The molecule has 6 heteroatoms. The summed E-state index contributed by atoms with van der Waals surface area (Å²) >= 11 is 5.92. The molecule has 134 valence electrons. The number of anilines is 3. The number of halogens is 1. The second-order valence-corrected chi connectivity index (χ2v) is 6.76. The number of Topliss-reactive ketones (excluding diaryl/α,β-unsaturated/α-hetero) is 1. The van der Waals surface area contributed by atoms with E-state index in [2.05, 4.69) is 35.3 Å². The number of hydrogen-bond donors (Lipinski definition) is 2. The molecule has 0 saturated carbocycles. The standard InChI is InChI=1S/C18H28ClN3O2/c1-4-10-22(11-9-19)14-6-7-16-15(12-14)20-18(21(16)3)17(24)8-5-13(2)23/h6-7,12,17-18,20,24H,4-5,8-11H2,1-3H3. The SMILES string of the molecule is CCCN(CCCl)c1ccc2c(c1)NC(C(O)CCC(C)=O)N2C. The van der Waals surface area contributed by atoms with E-state index >= 15 is 0 Å². The first-order chi connectivity index (χ1) is 11.5. The molecule has 2 rings (SSSR count). The molecule has 0 bridgehead atoms. The van der Waals surface area contributed by atoms with Crippen molar-refractivity contribution < 1.29 is 9.90 Å². The van der Waals surface area contributed by atoms with Crippen molar-refractivity contribution >= 4 is 34.4 Å². The van der Waals surface area contributed by atoms with Crippen LogP contribution < -0.4 is 15.1 Å². The average molecular weight is 354 g/mol. The molecular formula is C18H28ClN3O2. The summed E-state index contributed by atoms with van der Waals surface area (Å²) in [6.07, 6.45) is 1.13. The van der Waals surface area contributed by atoms with Crippen LogP contribution in [0.5, 0.6) is 0 Å². The lowest BCUT2D eigenvalue weighted by atomic mass is 10.1. The van der Waals surface area contributed by atoms with Crippen LogP contribution in [-0.2, 0) is 4.79 Å². The first-order valence-corrected chi connectivity index (χ1v) is 9.13. The van der Waals surface area contributed by atoms with Crippen molar-refractivity contribution in [2.75, 3.05) is 41.1 Å². The van der Waals surface area contributed by atoms with Crippen molar-refractivity contribution in [3.05, 3.63) is 18.2 Å². The van der Waals surface area contributed by atoms with Crippen LogP contribution >= 0.6 is 11.6 Å². The van der Waals surface area contributed by atoms with Crippen molar-refractivity contribution in [2.45, 2.75) is 45.4 Å². The van der Waals surface area contributed by atoms with Gasteiger partial charge in [-0.3, -0.25) is 0 Å². The smallest absolute Gasteiger partial charge is 0.129 e. The van der Waals surface area contributed by atoms with Gasteiger partial charge in [0, 0.05) is 38.1 Å². The van der Waals surface area contributed by atoms with Gasteiger partial charge in [-0.1, -0.05) is 6.92 Å². The average Bonchev–Trinajstić information content (AvgIpc) is 2.89. The van der Waals surface area contributed by atoms with Crippen LogP contribution in [0.15, 0.2) is 18.2 Å². The number of benzene rings is 1. The molecule has 0 aromatic heterocycles. The highest BCUT2D eigenvalue weighted by Gasteiger charge is 2.31. The van der Waals surface area contributed by atoms with Crippen molar-refractivity contribution in [1.29, 1.82) is 0 Å². The summed E-state index contributed by atoms with van der Waals surface area (Å²) in [5.74, 6) is 0.697. The van der Waals surface area contributed by atoms with E-state index in [1.165, 1.54) is 0 Å². The number of carbonyl (C=O) groups is 1. The van der Waals surface area contributed by atoms with Crippen LogP contribution in [-0.4, -0.2) is 49.2 Å². The summed E-state index contributed by atoms with van der Waals surface area (Å²) in [4.78, 5) is 15.5. The predicted octanol–water partition coefficient (Wildman–Crippen LogP) is 3.06. The topological polar surface area (TPSA) is 55.8 Å². The Bertz CT molecular complexity index is 561. The van der Waals surface area contributed by atoms with Crippen LogP contribution in [0.1, 0.15) is 33.1 Å². The Labute approximate surface area is 149 Å². The minimum Gasteiger partial charge on any atom is -0.389 e. The second-order valence-electron chi connectivity index (χ2n) is 6.39. The first kappa shape index (κ1) is 18.9. The Morgan fingerprint density at radius 1 is 1.46 bits per heavy atom. The quantitative estimate of drug-likeness (QED) is 0.668. The number of ketones is 1. The lowest BCUT2D eigenvalue weighted by molar-refractivity contribution is -0.117. The third kappa shape index (κ3) is 4.33. The van der Waals surface area contributed by atoms with E-state index in [1.807, 2.05) is 11.9 Å². The zero-order valence-corrected chi connectivity index (χ0v) is 15.5. The van der Waals surface area contributed by atoms with Gasteiger partial charge < -0.3 is 25.0 Å². The van der Waals surface area contributed by atoms with Gasteiger partial charge >= 0.3 is 0 Å². The number of nitrogens with zero attached hydrogens (tertiary/aromatic N) is 2. The Balaban J connectivity index is 2.12. The second kappa shape index (κ2) is 8.58. The molecule has 1 aliphatic rings. The van der Waals surface area contributed by atoms with Gasteiger partial charge in [0.05, 0.1) is 17.5 Å². The molecule has 0 aliphatic carbocycles. The van der Waals surface area contributed by atoms with E-state index in [0.29, 0.717) is 18.7 Å². The summed E-state index contributed by atoms with van der Waals surface area (Å²) in [5, 5.41) is 13.8. The zero-order valence-electron chi connectivity index (χ0n) is 14.8. The molecule has 2 unspecified atom stereocenters. The van der Waals surface area contributed by atoms with Gasteiger partial charge in [0.15, 0.2) is 0 Å². The Morgan fingerprint density at radius 2 is 2.21 bits per heavy atom. The van der Waals surface area contributed by atoms with Crippen molar-refractivity contribution in [2.24, 2.45) is 0 Å². The molecule has 1 aliphatic heterocycles. The number of aliphatic hydroxyl groups excluding tert-OH is 1. The van der Waals surface area contributed by atoms with E-state index < -0.39 is 6.10 Å². The number of alkyl halides is 1. The summed E-state index contributed by atoms with van der Waals surface area (Å²) in [7, 11) is 1.96. The number of fused-ring (bicyclic) bond motifs is 1. The van der Waals surface area contributed by atoms with Gasteiger partial charge in [0.2, 0.25) is 0 Å². The fourth-order valence-electron chi connectivity index (χ4n) is 3.16. The number of likely N-dealkylation sites (N-methyl/N-ethyl adjacent to an activating group) is 1. The number of nitrogens with one attached hydrogen (secondary N) is 1. The van der Waals surface area contributed by atoms with Crippen LogP contribution in [0.3, 0.4) is 0 Å². The molecule has 2 atom stereocenters. The van der Waals surface area contributed by atoms with Gasteiger partial charge in [-0.25, -0.2) is 0 Å². The highest BCUT2D eigenvalue weighted by Crippen LogP contribution is 2.37. The van der Waals surface area contributed by atoms with E-state index in [4.69, 9.17) is 11.6 Å². The number of aliphatic hydroxyl groups is 1. The summed E-state index contributed by atoms with van der Waals surface area (Å²) in [6.45, 7) is 5.49. The Hall–Kier alpha value is -1.46. The molecule has 1 heterocycles. The number of carbonyl (C=O) groups excluding carboxylic acids is 1. The fraction of sp³-hybridized carbons (Fsp3) is 0.611. The van der Waals surface area contributed by atoms with Crippen LogP contribution in [0.2, 0.25) is 0 Å². The molecule has 1 aromatic carbocycles. The number of rotatable bonds is 9. The van der Waals surface area contributed by atoms with Gasteiger partial charge in [-0.2, -0.15) is 0 Å². The molecule has 0 radical (unpaired) electrons. The monoisotopic (exact) mass is 353 g/mol. The van der Waals surface area contributed by atoms with Gasteiger partial charge in [-0.05, 0) is 38.0 Å². The first-order valence-electron chi connectivity index (χ1n) is 8.59. The van der Waals surface area contributed by atoms with Gasteiger partial charge in [0.25, 0.3) is 0 Å². The van der Waals surface area contributed by atoms with E-state index in [1.54, 1.807) is 6.92 Å². The minimum atomic E-state index is -0.593. The molecule has 5 nitrogen and oxygen atoms in total. The third-order valence-electron chi connectivity index (χ3n) is 4.45. The molecular weight excluding hydrogens is 326 g/mol. The molecule has 0 saturated heterocycles. The van der Waals surface area contributed by atoms with Crippen LogP contribution in [0.4, 0.5) is 17.1 Å². The Morgan fingerprint density at radius 3 is 2.83 bits per heavy atom. The lowest BCUT2D eigenvalue weighted by Gasteiger charge is -2.26. The normalized spacial score (nSPS) is 17.4. The molecule has 0 spiro atoms. The molecule has 1 aromatic rings. The van der Waals surface area contributed by atoms with Crippen molar-refractivity contribution in [1.82, 2.24) is 0 Å². The highest BCUT2D eigenvalue weighted by atomic mass is 35.5. The molecule has 2 N–H and O–H groups in total. The third-order valence-corrected chi connectivity index (χ3v) is 4.62. The maximum Gasteiger partial charge on any atom is 0.129 e. The predicted molar refractivity (Wildman–Crippen MR) is 101 cm³/mol. The lowest BCUT2D eigenvalue weighted by Crippen LogP contribution is -2.43. The molecule has 24 heavy (non-hydrogen) atoms. The maximum absolute atomic E-state index is 11.1. The number of hydrogen-bond acceptors (Lipinski definition) is 5.